The summed E-state index contributed by atoms with van der Waals surface area (Å²) in [4.78, 5) is 0. The summed E-state index contributed by atoms with van der Waals surface area (Å²) in [5, 5.41) is 4.56. The van der Waals surface area contributed by atoms with Crippen molar-refractivity contribution in [1.82, 2.24) is 0 Å². The fourth-order valence-corrected chi connectivity index (χ4v) is 4.16. The molecule has 1 aliphatic heterocycles. The van der Waals surface area contributed by atoms with Gasteiger partial charge in [-0.15, -0.1) is 0 Å². The monoisotopic (exact) mass is 325 g/mol. The van der Waals surface area contributed by atoms with E-state index in [1.165, 1.54) is 11.1 Å². The third kappa shape index (κ3) is 2.42. The Labute approximate surface area is 142 Å². The minimum atomic E-state index is 0.206. The first-order valence-corrected chi connectivity index (χ1v) is 8.60. The van der Waals surface area contributed by atoms with Crippen molar-refractivity contribution in [3.05, 3.63) is 70.8 Å². The van der Waals surface area contributed by atoms with Crippen molar-refractivity contribution in [3.63, 3.8) is 0 Å². The van der Waals surface area contributed by atoms with E-state index in [-0.39, 0.29) is 6.04 Å². The first kappa shape index (κ1) is 14.6. The molecule has 0 fully saturated rings. The van der Waals surface area contributed by atoms with Crippen LogP contribution in [0, 0.1) is 5.92 Å². The zero-order valence-electron chi connectivity index (χ0n) is 13.1. The summed E-state index contributed by atoms with van der Waals surface area (Å²) in [5.74, 6) is 1.85. The number of allylic oxidation sites excluding steroid dienone is 2. The molecule has 2 nitrogen and oxygen atoms in total. The summed E-state index contributed by atoms with van der Waals surface area (Å²) in [6.45, 7) is 2.69. The SMILES string of the molecule is CCOc1cccc2c1N[C@H](c1ccccc1Cl)[C@H]1CC=C[C@@H]21. The maximum absolute atomic E-state index is 6.48. The number of nitrogens with one attached hydrogen (secondary N) is 1. The predicted octanol–water partition coefficient (Wildman–Crippen LogP) is 5.57. The fraction of sp³-hybridized carbons (Fsp3) is 0.300. The van der Waals surface area contributed by atoms with Crippen LogP contribution in [0.5, 0.6) is 5.75 Å². The van der Waals surface area contributed by atoms with Crippen molar-refractivity contribution in [1.29, 1.82) is 0 Å². The van der Waals surface area contributed by atoms with E-state index >= 15 is 0 Å². The molecule has 0 aromatic heterocycles. The van der Waals surface area contributed by atoms with Gasteiger partial charge in [-0.25, -0.2) is 0 Å². The maximum Gasteiger partial charge on any atom is 0.142 e. The van der Waals surface area contributed by atoms with Gasteiger partial charge in [0.25, 0.3) is 0 Å². The summed E-state index contributed by atoms with van der Waals surface area (Å²) in [7, 11) is 0. The zero-order chi connectivity index (χ0) is 15.8. The van der Waals surface area contributed by atoms with Crippen molar-refractivity contribution < 1.29 is 4.74 Å². The lowest BCUT2D eigenvalue weighted by Gasteiger charge is -2.38. The van der Waals surface area contributed by atoms with Crippen LogP contribution in [0.2, 0.25) is 5.02 Å². The number of rotatable bonds is 3. The second kappa shape index (κ2) is 5.93. The number of fused-ring (bicyclic) bond motifs is 3. The summed E-state index contributed by atoms with van der Waals surface area (Å²) in [6, 6.07) is 14.7. The molecule has 0 saturated heterocycles. The minimum absolute atomic E-state index is 0.206. The second-order valence-electron chi connectivity index (χ2n) is 6.15. The Balaban J connectivity index is 1.82. The molecule has 0 unspecified atom stereocenters. The van der Waals surface area contributed by atoms with Gasteiger partial charge in [-0.1, -0.05) is 54.1 Å². The molecule has 2 aromatic rings. The normalized spacial score (nSPS) is 24.7. The van der Waals surface area contributed by atoms with E-state index in [2.05, 4.69) is 41.7 Å². The number of halogens is 1. The molecule has 3 heteroatoms. The molecular formula is C20H20ClNO. The number of ether oxygens (including phenoxy) is 1. The quantitative estimate of drug-likeness (QED) is 0.745. The highest BCUT2D eigenvalue weighted by Gasteiger charge is 2.39. The van der Waals surface area contributed by atoms with Gasteiger partial charge in [0.2, 0.25) is 0 Å². The zero-order valence-corrected chi connectivity index (χ0v) is 13.9. The van der Waals surface area contributed by atoms with Crippen LogP contribution in [-0.2, 0) is 0 Å². The molecule has 0 spiro atoms. The van der Waals surface area contributed by atoms with Crippen molar-refractivity contribution in [2.75, 3.05) is 11.9 Å². The molecular weight excluding hydrogens is 306 g/mol. The lowest BCUT2D eigenvalue weighted by Crippen LogP contribution is -2.29. The first-order chi connectivity index (χ1) is 11.3. The molecule has 2 aromatic carbocycles. The minimum Gasteiger partial charge on any atom is -0.492 e. The van der Waals surface area contributed by atoms with Crippen LogP contribution in [0.1, 0.15) is 36.4 Å². The number of hydrogen-bond donors (Lipinski definition) is 1. The smallest absolute Gasteiger partial charge is 0.142 e. The van der Waals surface area contributed by atoms with Crippen LogP contribution >= 0.6 is 11.6 Å². The second-order valence-corrected chi connectivity index (χ2v) is 6.56. The lowest BCUT2D eigenvalue weighted by atomic mass is 9.77. The molecule has 1 aliphatic carbocycles. The van der Waals surface area contributed by atoms with Crippen molar-refractivity contribution in [2.45, 2.75) is 25.3 Å². The van der Waals surface area contributed by atoms with E-state index in [0.29, 0.717) is 18.4 Å². The van der Waals surface area contributed by atoms with Crippen molar-refractivity contribution >= 4 is 17.3 Å². The Kier molecular flexibility index (Phi) is 3.78. The molecule has 23 heavy (non-hydrogen) atoms. The Hall–Kier alpha value is -1.93. The first-order valence-electron chi connectivity index (χ1n) is 8.23. The van der Waals surface area contributed by atoms with E-state index < -0.39 is 0 Å². The maximum atomic E-state index is 6.48. The molecule has 3 atom stereocenters. The number of anilines is 1. The van der Waals surface area contributed by atoms with Crippen LogP contribution in [0.25, 0.3) is 0 Å². The molecule has 2 aliphatic rings. The van der Waals surface area contributed by atoms with Crippen LogP contribution in [0.15, 0.2) is 54.6 Å². The topological polar surface area (TPSA) is 21.3 Å². The highest BCUT2D eigenvalue weighted by Crippen LogP contribution is 2.52. The number of benzene rings is 2. The Bertz CT molecular complexity index is 755. The molecule has 1 N–H and O–H groups in total. The van der Waals surface area contributed by atoms with Crippen LogP contribution < -0.4 is 10.1 Å². The Morgan fingerprint density at radius 3 is 2.78 bits per heavy atom. The summed E-state index contributed by atoms with van der Waals surface area (Å²) in [5.41, 5.74) is 3.62. The van der Waals surface area contributed by atoms with Gasteiger partial charge in [0.05, 0.1) is 18.3 Å². The highest BCUT2D eigenvalue weighted by molar-refractivity contribution is 6.31. The number of hydrogen-bond acceptors (Lipinski definition) is 2. The van der Waals surface area contributed by atoms with Gasteiger partial charge in [0.15, 0.2) is 0 Å². The average Bonchev–Trinajstić information content (AvgIpc) is 3.05. The molecule has 0 radical (unpaired) electrons. The summed E-state index contributed by atoms with van der Waals surface area (Å²) >= 11 is 6.48. The lowest BCUT2D eigenvalue weighted by molar-refractivity contribution is 0.337. The van der Waals surface area contributed by atoms with Gasteiger partial charge in [-0.2, -0.15) is 0 Å². The van der Waals surface area contributed by atoms with Gasteiger partial charge >= 0.3 is 0 Å². The van der Waals surface area contributed by atoms with Gasteiger partial charge in [0.1, 0.15) is 5.75 Å². The van der Waals surface area contributed by atoms with Crippen LogP contribution in [0.3, 0.4) is 0 Å². The standard InChI is InChI=1S/C20H20ClNO/c1-2-23-18-12-6-10-15-13-8-5-9-14(13)19(22-20(15)18)16-7-3-4-11-17(16)21/h3-8,10-14,19,22H,2,9H2,1H3/t13-,14+,19+/m1/s1. The molecule has 118 valence electrons. The summed E-state index contributed by atoms with van der Waals surface area (Å²) < 4.78 is 5.85. The molecule has 0 saturated carbocycles. The molecule has 0 amide bonds. The largest absolute Gasteiger partial charge is 0.492 e. The third-order valence-corrected chi connectivity index (χ3v) is 5.24. The van der Waals surface area contributed by atoms with Gasteiger partial charge < -0.3 is 10.1 Å². The molecule has 4 rings (SSSR count). The van der Waals surface area contributed by atoms with Crippen LogP contribution in [-0.4, -0.2) is 6.61 Å². The Morgan fingerprint density at radius 1 is 1.13 bits per heavy atom. The predicted molar refractivity (Wildman–Crippen MR) is 95.4 cm³/mol. The van der Waals surface area contributed by atoms with Gasteiger partial charge in [0, 0.05) is 10.9 Å². The van der Waals surface area contributed by atoms with E-state index in [0.717, 1.165) is 22.9 Å². The van der Waals surface area contributed by atoms with E-state index in [1.54, 1.807) is 0 Å². The summed E-state index contributed by atoms with van der Waals surface area (Å²) in [6.07, 6.45) is 5.71. The fourth-order valence-electron chi connectivity index (χ4n) is 3.90. The van der Waals surface area contributed by atoms with Crippen molar-refractivity contribution in [3.8, 4) is 5.75 Å². The van der Waals surface area contributed by atoms with Gasteiger partial charge in [-0.3, -0.25) is 0 Å². The van der Waals surface area contributed by atoms with Crippen LogP contribution in [0.4, 0.5) is 5.69 Å². The van der Waals surface area contributed by atoms with E-state index in [9.17, 15) is 0 Å². The average molecular weight is 326 g/mol. The molecule has 0 bridgehead atoms. The van der Waals surface area contributed by atoms with Crippen molar-refractivity contribution in [2.24, 2.45) is 5.92 Å². The number of para-hydroxylation sites is 1. The van der Waals surface area contributed by atoms with Gasteiger partial charge in [-0.05, 0) is 42.5 Å². The van der Waals surface area contributed by atoms with E-state index in [1.807, 2.05) is 25.1 Å². The Morgan fingerprint density at radius 2 is 1.96 bits per heavy atom. The molecule has 1 heterocycles. The third-order valence-electron chi connectivity index (χ3n) is 4.90. The highest BCUT2D eigenvalue weighted by atomic mass is 35.5. The van der Waals surface area contributed by atoms with E-state index in [4.69, 9.17) is 16.3 Å².